The van der Waals surface area contributed by atoms with Gasteiger partial charge in [0.1, 0.15) is 12.1 Å². The lowest BCUT2D eigenvalue weighted by atomic mass is 10.1. The van der Waals surface area contributed by atoms with E-state index in [0.717, 1.165) is 36.9 Å². The molecule has 3 aromatic rings. The number of aromatic nitrogens is 3. The maximum absolute atomic E-state index is 4.72. The fourth-order valence-electron chi connectivity index (χ4n) is 2.72. The second-order valence-electron chi connectivity index (χ2n) is 6.46. The lowest BCUT2D eigenvalue weighted by Crippen LogP contribution is -2.39. The Labute approximate surface area is 164 Å². The molecule has 0 aliphatic carbocycles. The monoisotopic (exact) mass is 382 g/mol. The second-order valence-corrected chi connectivity index (χ2v) is 7.49. The quantitative estimate of drug-likeness (QED) is 0.463. The average molecular weight is 383 g/mol. The molecule has 3 heterocycles. The van der Waals surface area contributed by atoms with Crippen molar-refractivity contribution >= 4 is 17.3 Å². The summed E-state index contributed by atoms with van der Waals surface area (Å²) in [5, 5.41) is 8.91. The van der Waals surface area contributed by atoms with Crippen LogP contribution >= 0.6 is 11.3 Å². The van der Waals surface area contributed by atoms with Gasteiger partial charge in [0.15, 0.2) is 5.96 Å². The molecular formula is C20H26N6S. The highest BCUT2D eigenvalue weighted by Crippen LogP contribution is 2.13. The minimum absolute atomic E-state index is 0.543. The van der Waals surface area contributed by atoms with E-state index in [1.165, 1.54) is 4.88 Å². The van der Waals surface area contributed by atoms with Crippen molar-refractivity contribution in [1.29, 1.82) is 0 Å². The number of hydrogen-bond donors (Lipinski definition) is 2. The van der Waals surface area contributed by atoms with Gasteiger partial charge in [0.25, 0.3) is 0 Å². The van der Waals surface area contributed by atoms with Gasteiger partial charge in [-0.15, -0.1) is 11.3 Å². The summed E-state index contributed by atoms with van der Waals surface area (Å²) in [7, 11) is 0. The molecule has 0 fully saturated rings. The molecule has 0 saturated heterocycles. The lowest BCUT2D eigenvalue weighted by molar-refractivity contribution is 0.562. The SMILES string of the molecule is CCNC(=NCc1ccnc(-n2ccnc2)c1)NCC(C)Cc1cccs1. The van der Waals surface area contributed by atoms with E-state index in [4.69, 9.17) is 4.99 Å². The number of thiophene rings is 1. The topological polar surface area (TPSA) is 67.1 Å². The predicted molar refractivity (Wildman–Crippen MR) is 111 cm³/mol. The summed E-state index contributed by atoms with van der Waals surface area (Å²) in [6.45, 7) is 6.66. The molecule has 0 aromatic carbocycles. The highest BCUT2D eigenvalue weighted by atomic mass is 32.1. The van der Waals surface area contributed by atoms with Crippen LogP contribution in [0.15, 0.2) is 59.6 Å². The van der Waals surface area contributed by atoms with Crippen molar-refractivity contribution in [2.45, 2.75) is 26.8 Å². The third-order valence-corrected chi connectivity index (χ3v) is 4.99. The summed E-state index contributed by atoms with van der Waals surface area (Å²) in [6, 6.07) is 8.33. The van der Waals surface area contributed by atoms with E-state index >= 15 is 0 Å². The Morgan fingerprint density at radius 2 is 2.22 bits per heavy atom. The molecule has 0 aliphatic heterocycles. The van der Waals surface area contributed by atoms with E-state index in [2.05, 4.69) is 52.0 Å². The van der Waals surface area contributed by atoms with Crippen LogP contribution in [-0.2, 0) is 13.0 Å². The van der Waals surface area contributed by atoms with Crippen molar-refractivity contribution in [3.05, 3.63) is 65.0 Å². The van der Waals surface area contributed by atoms with Crippen LogP contribution < -0.4 is 10.6 Å². The van der Waals surface area contributed by atoms with Gasteiger partial charge in [-0.05, 0) is 48.4 Å². The number of aliphatic imine (C=N–C) groups is 1. The first-order valence-corrected chi connectivity index (χ1v) is 10.1. The number of guanidine groups is 1. The molecule has 0 saturated carbocycles. The van der Waals surface area contributed by atoms with Crippen molar-refractivity contribution in [2.75, 3.05) is 13.1 Å². The molecule has 27 heavy (non-hydrogen) atoms. The molecule has 142 valence electrons. The molecule has 1 unspecified atom stereocenters. The number of hydrogen-bond acceptors (Lipinski definition) is 4. The maximum atomic E-state index is 4.72. The van der Waals surface area contributed by atoms with Gasteiger partial charge in [0.2, 0.25) is 0 Å². The Morgan fingerprint density at radius 3 is 2.96 bits per heavy atom. The van der Waals surface area contributed by atoms with Gasteiger partial charge < -0.3 is 10.6 Å². The molecular weight excluding hydrogens is 356 g/mol. The van der Waals surface area contributed by atoms with E-state index in [-0.39, 0.29) is 0 Å². The van der Waals surface area contributed by atoms with Gasteiger partial charge in [0, 0.05) is 36.6 Å². The summed E-state index contributed by atoms with van der Waals surface area (Å²) in [5.41, 5.74) is 1.11. The average Bonchev–Trinajstić information content (AvgIpc) is 3.38. The summed E-state index contributed by atoms with van der Waals surface area (Å²) >= 11 is 1.82. The molecule has 2 N–H and O–H groups in total. The molecule has 0 bridgehead atoms. The van der Waals surface area contributed by atoms with Crippen molar-refractivity contribution in [3.63, 3.8) is 0 Å². The zero-order valence-electron chi connectivity index (χ0n) is 15.8. The first-order chi connectivity index (χ1) is 13.2. The Morgan fingerprint density at radius 1 is 1.30 bits per heavy atom. The van der Waals surface area contributed by atoms with Gasteiger partial charge in [-0.25, -0.2) is 15.0 Å². The highest BCUT2D eigenvalue weighted by Gasteiger charge is 2.06. The van der Waals surface area contributed by atoms with Gasteiger partial charge in [-0.3, -0.25) is 4.57 Å². The molecule has 0 spiro atoms. The summed E-state index contributed by atoms with van der Waals surface area (Å²) < 4.78 is 1.89. The summed E-state index contributed by atoms with van der Waals surface area (Å²) in [5.74, 6) is 2.24. The van der Waals surface area contributed by atoms with Crippen LogP contribution in [0.1, 0.15) is 24.3 Å². The Hall–Kier alpha value is -2.67. The number of pyridine rings is 1. The van der Waals surface area contributed by atoms with Gasteiger partial charge >= 0.3 is 0 Å². The highest BCUT2D eigenvalue weighted by molar-refractivity contribution is 7.09. The smallest absolute Gasteiger partial charge is 0.191 e. The summed E-state index contributed by atoms with van der Waals surface area (Å²) in [4.78, 5) is 14.6. The Bertz CT molecular complexity index is 826. The van der Waals surface area contributed by atoms with Crippen LogP contribution in [0.5, 0.6) is 0 Å². The van der Waals surface area contributed by atoms with Crippen LogP contribution in [0, 0.1) is 5.92 Å². The van der Waals surface area contributed by atoms with E-state index in [0.29, 0.717) is 12.5 Å². The fourth-order valence-corrected chi connectivity index (χ4v) is 3.59. The molecule has 1 atom stereocenters. The molecule has 3 aromatic heterocycles. The molecule has 7 heteroatoms. The Kier molecular flexibility index (Phi) is 6.98. The van der Waals surface area contributed by atoms with Crippen molar-refractivity contribution < 1.29 is 0 Å². The second kappa shape index (κ2) is 9.87. The standard InChI is InChI=1S/C20H26N6S/c1-3-22-20(24-13-16(2)11-18-5-4-10-27-18)25-14-17-6-7-23-19(12-17)26-9-8-21-15-26/h4-10,12,15-16H,3,11,13-14H2,1-2H3,(H2,22,24,25). The van der Waals surface area contributed by atoms with E-state index in [1.807, 2.05) is 40.4 Å². The normalized spacial score (nSPS) is 12.7. The van der Waals surface area contributed by atoms with Crippen LogP contribution in [0.4, 0.5) is 0 Å². The van der Waals surface area contributed by atoms with E-state index in [1.54, 1.807) is 12.5 Å². The number of imidazole rings is 1. The predicted octanol–water partition coefficient (Wildman–Crippen LogP) is 3.26. The molecule has 0 aliphatic rings. The van der Waals surface area contributed by atoms with Gasteiger partial charge in [-0.2, -0.15) is 0 Å². The molecule has 3 rings (SSSR count). The van der Waals surface area contributed by atoms with Crippen LogP contribution in [-0.4, -0.2) is 33.6 Å². The van der Waals surface area contributed by atoms with Gasteiger partial charge in [0.05, 0.1) is 6.54 Å². The van der Waals surface area contributed by atoms with E-state index < -0.39 is 0 Å². The largest absolute Gasteiger partial charge is 0.357 e. The number of nitrogens with zero attached hydrogens (tertiary/aromatic N) is 4. The van der Waals surface area contributed by atoms with E-state index in [9.17, 15) is 0 Å². The van der Waals surface area contributed by atoms with Crippen molar-refractivity contribution in [1.82, 2.24) is 25.2 Å². The van der Waals surface area contributed by atoms with Crippen LogP contribution in [0.2, 0.25) is 0 Å². The minimum Gasteiger partial charge on any atom is -0.357 e. The fraction of sp³-hybridized carbons (Fsp3) is 0.350. The minimum atomic E-state index is 0.543. The summed E-state index contributed by atoms with van der Waals surface area (Å²) in [6.07, 6.45) is 8.27. The first-order valence-electron chi connectivity index (χ1n) is 9.22. The zero-order chi connectivity index (χ0) is 18.9. The lowest BCUT2D eigenvalue weighted by Gasteiger charge is -2.15. The van der Waals surface area contributed by atoms with Crippen LogP contribution in [0.3, 0.4) is 0 Å². The maximum Gasteiger partial charge on any atom is 0.191 e. The zero-order valence-corrected chi connectivity index (χ0v) is 16.6. The molecule has 6 nitrogen and oxygen atoms in total. The Balaban J connectivity index is 1.57. The molecule has 0 radical (unpaired) electrons. The number of nitrogens with one attached hydrogen (secondary N) is 2. The third-order valence-electron chi connectivity index (χ3n) is 4.09. The third kappa shape index (κ3) is 5.92. The van der Waals surface area contributed by atoms with Crippen molar-refractivity contribution in [2.24, 2.45) is 10.9 Å². The van der Waals surface area contributed by atoms with Crippen molar-refractivity contribution in [3.8, 4) is 5.82 Å². The first kappa shape index (κ1) is 19.1. The van der Waals surface area contributed by atoms with Gasteiger partial charge in [-0.1, -0.05) is 13.0 Å². The molecule has 0 amide bonds. The van der Waals surface area contributed by atoms with Crippen LogP contribution in [0.25, 0.3) is 5.82 Å². The number of rotatable bonds is 8.